The lowest BCUT2D eigenvalue weighted by Crippen LogP contribution is -2.53. The minimum absolute atomic E-state index is 0.360. The van der Waals surface area contributed by atoms with E-state index in [4.69, 9.17) is 0 Å². The van der Waals surface area contributed by atoms with Gasteiger partial charge in [-0.05, 0) is 36.1 Å². The third-order valence-electron chi connectivity index (χ3n) is 5.89. The molecule has 0 bridgehead atoms. The Morgan fingerprint density at radius 2 is 1.68 bits per heavy atom. The molecule has 0 saturated carbocycles. The highest BCUT2D eigenvalue weighted by atomic mass is 32.2. The van der Waals surface area contributed by atoms with Gasteiger partial charge in [0, 0.05) is 52.1 Å². The summed E-state index contributed by atoms with van der Waals surface area (Å²) in [6, 6.07) is 18.3. The minimum Gasteiger partial charge on any atom is -0.356 e. The fourth-order valence-corrected chi connectivity index (χ4v) is 4.81. The molecule has 0 amide bonds. The van der Waals surface area contributed by atoms with Crippen molar-refractivity contribution in [2.45, 2.75) is 30.7 Å². The first-order chi connectivity index (χ1) is 14.9. The molecule has 1 fully saturated rings. The molecule has 2 aromatic carbocycles. The molecule has 3 rings (SSSR count). The fraction of sp³-hybridized carbons (Fsp3) is 0.458. The lowest BCUT2D eigenvalue weighted by atomic mass is 10.0. The number of rotatable bonds is 7. The number of benzene rings is 2. The van der Waals surface area contributed by atoms with E-state index in [1.165, 1.54) is 11.8 Å². The Balaban J connectivity index is 1.49. The predicted octanol–water partition coefficient (Wildman–Crippen LogP) is 2.98. The van der Waals surface area contributed by atoms with Crippen LogP contribution in [0.4, 0.5) is 0 Å². The zero-order chi connectivity index (χ0) is 22.3. The van der Waals surface area contributed by atoms with Gasteiger partial charge in [-0.25, -0.2) is 8.42 Å². The van der Waals surface area contributed by atoms with E-state index in [1.807, 2.05) is 19.2 Å². The van der Waals surface area contributed by atoms with E-state index in [9.17, 15) is 8.42 Å². The first kappa shape index (κ1) is 23.3. The summed E-state index contributed by atoms with van der Waals surface area (Å²) < 4.78 is 23.2. The average molecular weight is 443 g/mol. The molecule has 1 unspecified atom stereocenters. The smallest absolute Gasteiger partial charge is 0.193 e. The topological polar surface area (TPSA) is 65.0 Å². The van der Waals surface area contributed by atoms with Crippen molar-refractivity contribution in [1.29, 1.82) is 0 Å². The van der Waals surface area contributed by atoms with Crippen LogP contribution in [0.15, 0.2) is 64.5 Å². The zero-order valence-corrected chi connectivity index (χ0v) is 19.6. The molecule has 0 spiro atoms. The Morgan fingerprint density at radius 3 is 2.23 bits per heavy atom. The Labute approximate surface area is 186 Å². The number of nitrogens with one attached hydrogen (secondary N) is 1. The molecule has 1 heterocycles. The van der Waals surface area contributed by atoms with E-state index in [1.54, 1.807) is 12.1 Å². The summed E-state index contributed by atoms with van der Waals surface area (Å²) in [4.78, 5) is 9.72. The van der Waals surface area contributed by atoms with E-state index < -0.39 is 9.84 Å². The molecule has 0 aromatic heterocycles. The van der Waals surface area contributed by atoms with Crippen molar-refractivity contribution in [3.8, 4) is 0 Å². The van der Waals surface area contributed by atoms with Gasteiger partial charge < -0.3 is 10.2 Å². The van der Waals surface area contributed by atoms with Crippen LogP contribution in [0.1, 0.15) is 30.5 Å². The SMILES string of the molecule is CCC(c1ccccc1)N1CCN(C(=NC)NCCc2ccc(S(C)(=O)=O)cc2)CC1. The summed E-state index contributed by atoms with van der Waals surface area (Å²) >= 11 is 0. The molecule has 1 aliphatic heterocycles. The summed E-state index contributed by atoms with van der Waals surface area (Å²) in [6.07, 6.45) is 3.15. The van der Waals surface area contributed by atoms with Crippen LogP contribution in [0.5, 0.6) is 0 Å². The lowest BCUT2D eigenvalue weighted by Gasteiger charge is -2.40. The fourth-order valence-electron chi connectivity index (χ4n) is 4.18. The molecule has 0 aliphatic carbocycles. The molecule has 6 nitrogen and oxygen atoms in total. The highest BCUT2D eigenvalue weighted by molar-refractivity contribution is 7.90. The van der Waals surface area contributed by atoms with Crippen LogP contribution >= 0.6 is 0 Å². The van der Waals surface area contributed by atoms with Crippen molar-refractivity contribution in [3.63, 3.8) is 0 Å². The third-order valence-corrected chi connectivity index (χ3v) is 7.01. The van der Waals surface area contributed by atoms with E-state index in [0.29, 0.717) is 10.9 Å². The van der Waals surface area contributed by atoms with Crippen LogP contribution in [0, 0.1) is 0 Å². The van der Waals surface area contributed by atoms with E-state index in [-0.39, 0.29) is 0 Å². The number of guanidine groups is 1. The van der Waals surface area contributed by atoms with Crippen LogP contribution in [0.3, 0.4) is 0 Å². The van der Waals surface area contributed by atoms with Crippen molar-refractivity contribution in [2.24, 2.45) is 4.99 Å². The minimum atomic E-state index is -3.15. The maximum Gasteiger partial charge on any atom is 0.193 e. The van der Waals surface area contributed by atoms with Gasteiger partial charge in [0.2, 0.25) is 0 Å². The monoisotopic (exact) mass is 442 g/mol. The van der Waals surface area contributed by atoms with Crippen molar-refractivity contribution in [3.05, 3.63) is 65.7 Å². The molecular formula is C24H34N4O2S. The van der Waals surface area contributed by atoms with Crippen LogP contribution in [-0.2, 0) is 16.3 Å². The standard InChI is InChI=1S/C24H34N4O2S/c1-4-23(21-8-6-5-7-9-21)27-16-18-28(19-17-27)24(25-2)26-15-14-20-10-12-22(13-11-20)31(3,29)30/h5-13,23H,4,14-19H2,1-3H3,(H,25,26). The maximum atomic E-state index is 11.6. The van der Waals surface area contributed by atoms with Crippen LogP contribution in [0.2, 0.25) is 0 Å². The van der Waals surface area contributed by atoms with Gasteiger partial charge in [0.05, 0.1) is 4.90 Å². The second-order valence-corrected chi connectivity index (χ2v) is 10.0. The quantitative estimate of drug-likeness (QED) is 0.528. The zero-order valence-electron chi connectivity index (χ0n) is 18.8. The number of hydrogen-bond donors (Lipinski definition) is 1. The highest BCUT2D eigenvalue weighted by Crippen LogP contribution is 2.25. The second-order valence-electron chi connectivity index (χ2n) is 8.00. The normalized spacial score (nSPS) is 16.9. The predicted molar refractivity (Wildman–Crippen MR) is 127 cm³/mol. The Morgan fingerprint density at radius 1 is 1.03 bits per heavy atom. The van der Waals surface area contributed by atoms with Gasteiger partial charge in [0.25, 0.3) is 0 Å². The Kier molecular flexibility index (Phi) is 8.09. The third kappa shape index (κ3) is 6.31. The van der Waals surface area contributed by atoms with Gasteiger partial charge >= 0.3 is 0 Å². The molecule has 1 N–H and O–H groups in total. The molecule has 168 valence electrons. The molecule has 7 heteroatoms. The summed E-state index contributed by atoms with van der Waals surface area (Å²) in [5.74, 6) is 0.931. The molecule has 0 radical (unpaired) electrons. The van der Waals surface area contributed by atoms with Crippen molar-refractivity contribution in [2.75, 3.05) is 46.0 Å². The summed E-state index contributed by atoms with van der Waals surface area (Å²) in [7, 11) is -1.32. The van der Waals surface area contributed by atoms with Crippen LogP contribution < -0.4 is 5.32 Å². The van der Waals surface area contributed by atoms with Gasteiger partial charge in [-0.3, -0.25) is 9.89 Å². The van der Waals surface area contributed by atoms with Gasteiger partial charge in [-0.1, -0.05) is 49.4 Å². The van der Waals surface area contributed by atoms with E-state index >= 15 is 0 Å². The van der Waals surface area contributed by atoms with E-state index in [2.05, 4.69) is 57.4 Å². The summed E-state index contributed by atoms with van der Waals surface area (Å²) in [5, 5.41) is 3.46. The highest BCUT2D eigenvalue weighted by Gasteiger charge is 2.25. The first-order valence-corrected chi connectivity index (χ1v) is 12.8. The second kappa shape index (κ2) is 10.8. The lowest BCUT2D eigenvalue weighted by molar-refractivity contribution is 0.127. The summed E-state index contributed by atoms with van der Waals surface area (Å²) in [6.45, 7) is 6.94. The number of piperazine rings is 1. The molecule has 1 saturated heterocycles. The number of hydrogen-bond acceptors (Lipinski definition) is 4. The van der Waals surface area contributed by atoms with Crippen molar-refractivity contribution < 1.29 is 8.42 Å². The molecule has 1 atom stereocenters. The van der Waals surface area contributed by atoms with Gasteiger partial charge in [-0.15, -0.1) is 0 Å². The van der Waals surface area contributed by atoms with Crippen molar-refractivity contribution in [1.82, 2.24) is 15.1 Å². The number of nitrogens with zero attached hydrogens (tertiary/aromatic N) is 3. The molecule has 2 aromatic rings. The Hall–Kier alpha value is -2.38. The largest absolute Gasteiger partial charge is 0.356 e. The summed E-state index contributed by atoms with van der Waals surface area (Å²) in [5.41, 5.74) is 2.50. The van der Waals surface area contributed by atoms with Crippen LogP contribution in [-0.4, -0.2) is 70.2 Å². The van der Waals surface area contributed by atoms with Crippen LogP contribution in [0.25, 0.3) is 0 Å². The molecule has 31 heavy (non-hydrogen) atoms. The van der Waals surface area contributed by atoms with Gasteiger partial charge in [0.15, 0.2) is 15.8 Å². The average Bonchev–Trinajstić information content (AvgIpc) is 2.78. The number of sulfone groups is 1. The first-order valence-electron chi connectivity index (χ1n) is 11.0. The maximum absolute atomic E-state index is 11.6. The number of aliphatic imine (C=N–C) groups is 1. The van der Waals surface area contributed by atoms with Gasteiger partial charge in [-0.2, -0.15) is 0 Å². The van der Waals surface area contributed by atoms with Gasteiger partial charge in [0.1, 0.15) is 0 Å². The van der Waals surface area contributed by atoms with Crippen molar-refractivity contribution >= 4 is 15.8 Å². The Bertz CT molecular complexity index is 951. The molecular weight excluding hydrogens is 408 g/mol. The van der Waals surface area contributed by atoms with E-state index in [0.717, 1.165) is 57.1 Å². The molecule has 1 aliphatic rings.